The van der Waals surface area contributed by atoms with E-state index in [-0.39, 0.29) is 16.9 Å². The van der Waals surface area contributed by atoms with Gasteiger partial charge in [-0.05, 0) is 12.1 Å². The summed E-state index contributed by atoms with van der Waals surface area (Å²) in [5, 5.41) is 0. The minimum Gasteiger partial charge on any atom is -0.366 e. The number of hydrogen-bond acceptors (Lipinski definition) is 4. The molecule has 1 rings (SSSR count). The summed E-state index contributed by atoms with van der Waals surface area (Å²) in [4.78, 5) is 21.8. The van der Waals surface area contributed by atoms with Gasteiger partial charge in [0.1, 0.15) is 4.90 Å². The molecule has 92 valence electrons. The summed E-state index contributed by atoms with van der Waals surface area (Å²) < 4.78 is 25.4. The summed E-state index contributed by atoms with van der Waals surface area (Å²) in [6.07, 6.45) is 0.0258. The van der Waals surface area contributed by atoms with Gasteiger partial charge < -0.3 is 5.73 Å². The quantitative estimate of drug-likeness (QED) is 0.790. The third kappa shape index (κ3) is 3.04. The topological polar surface area (TPSA) is 106 Å². The molecule has 0 radical (unpaired) electrons. The van der Waals surface area contributed by atoms with Crippen molar-refractivity contribution in [1.29, 1.82) is 0 Å². The number of rotatable bonds is 4. The number of nitrogens with two attached hydrogens (primary N) is 1. The molecule has 6 nitrogen and oxygen atoms in total. The highest BCUT2D eigenvalue weighted by atomic mass is 32.2. The van der Waals surface area contributed by atoms with Crippen molar-refractivity contribution in [1.82, 2.24) is 4.72 Å². The van der Waals surface area contributed by atoms with E-state index >= 15 is 0 Å². The molecule has 0 saturated carbocycles. The Bertz CT molecular complexity index is 551. The predicted octanol–water partition coefficient (Wildman–Crippen LogP) is 0.000400. The van der Waals surface area contributed by atoms with Crippen LogP contribution < -0.4 is 10.5 Å². The van der Waals surface area contributed by atoms with Crippen LogP contribution in [0.2, 0.25) is 0 Å². The van der Waals surface area contributed by atoms with Gasteiger partial charge in [-0.2, -0.15) is 0 Å². The van der Waals surface area contributed by atoms with Crippen molar-refractivity contribution in [2.24, 2.45) is 5.73 Å². The maximum Gasteiger partial charge on any atom is 0.264 e. The molecular formula is C10H12N2O4S. The van der Waals surface area contributed by atoms with Crippen LogP contribution >= 0.6 is 0 Å². The van der Waals surface area contributed by atoms with Crippen molar-refractivity contribution in [3.63, 3.8) is 0 Å². The summed E-state index contributed by atoms with van der Waals surface area (Å²) in [6.45, 7) is 1.52. The molecule has 0 spiro atoms. The number of carbonyl (C=O) groups excluding carboxylic acids is 2. The maximum atomic E-state index is 11.8. The number of benzene rings is 1. The van der Waals surface area contributed by atoms with Gasteiger partial charge in [0.2, 0.25) is 11.8 Å². The average Bonchev–Trinajstić information content (AvgIpc) is 2.28. The van der Waals surface area contributed by atoms with Crippen LogP contribution in [0.1, 0.15) is 23.7 Å². The number of primary amides is 1. The fourth-order valence-electron chi connectivity index (χ4n) is 1.18. The van der Waals surface area contributed by atoms with Gasteiger partial charge in [0, 0.05) is 6.42 Å². The van der Waals surface area contributed by atoms with Crippen LogP contribution in [0.3, 0.4) is 0 Å². The summed E-state index contributed by atoms with van der Waals surface area (Å²) in [5.41, 5.74) is 4.91. The summed E-state index contributed by atoms with van der Waals surface area (Å²) >= 11 is 0. The molecular weight excluding hydrogens is 244 g/mol. The zero-order valence-electron chi connectivity index (χ0n) is 9.14. The zero-order valence-corrected chi connectivity index (χ0v) is 9.95. The lowest BCUT2D eigenvalue weighted by Gasteiger charge is -2.08. The van der Waals surface area contributed by atoms with E-state index in [9.17, 15) is 18.0 Å². The first-order valence-electron chi connectivity index (χ1n) is 4.83. The molecule has 0 aromatic heterocycles. The van der Waals surface area contributed by atoms with E-state index in [1.54, 1.807) is 0 Å². The van der Waals surface area contributed by atoms with Crippen molar-refractivity contribution >= 4 is 21.8 Å². The van der Waals surface area contributed by atoms with Crippen LogP contribution in [0.25, 0.3) is 0 Å². The molecule has 2 amide bonds. The minimum absolute atomic E-state index is 0.0258. The Morgan fingerprint density at radius 1 is 1.29 bits per heavy atom. The van der Waals surface area contributed by atoms with Crippen molar-refractivity contribution in [3.05, 3.63) is 29.8 Å². The monoisotopic (exact) mass is 256 g/mol. The molecule has 1 aromatic carbocycles. The third-order valence-corrected chi connectivity index (χ3v) is 3.44. The lowest BCUT2D eigenvalue weighted by Crippen LogP contribution is -2.31. The van der Waals surface area contributed by atoms with E-state index in [2.05, 4.69) is 0 Å². The largest absolute Gasteiger partial charge is 0.366 e. The van der Waals surface area contributed by atoms with Gasteiger partial charge in [-0.1, -0.05) is 19.1 Å². The van der Waals surface area contributed by atoms with Crippen LogP contribution in [-0.4, -0.2) is 20.2 Å². The van der Waals surface area contributed by atoms with Gasteiger partial charge in [0.15, 0.2) is 0 Å². The zero-order chi connectivity index (χ0) is 13.1. The Labute approximate surface area is 98.9 Å². The summed E-state index contributed by atoms with van der Waals surface area (Å²) in [5.74, 6) is -1.51. The molecule has 0 aliphatic heterocycles. The Morgan fingerprint density at radius 3 is 2.41 bits per heavy atom. The van der Waals surface area contributed by atoms with Crippen LogP contribution in [0.4, 0.5) is 0 Å². The van der Waals surface area contributed by atoms with Crippen LogP contribution in [0.5, 0.6) is 0 Å². The number of nitrogens with one attached hydrogen (secondary N) is 1. The molecule has 3 N–H and O–H groups in total. The van der Waals surface area contributed by atoms with Crippen molar-refractivity contribution in [2.75, 3.05) is 0 Å². The standard InChI is InChI=1S/C10H12N2O4S/c1-2-9(13)12-17(15,16)8-6-4-3-5-7(8)10(11)14/h3-6H,2H2,1H3,(H2,11,14)(H,12,13). The van der Waals surface area contributed by atoms with Crippen LogP contribution in [-0.2, 0) is 14.8 Å². The van der Waals surface area contributed by atoms with Gasteiger partial charge in [-0.15, -0.1) is 0 Å². The van der Waals surface area contributed by atoms with Crippen molar-refractivity contribution in [3.8, 4) is 0 Å². The second kappa shape index (κ2) is 4.96. The van der Waals surface area contributed by atoms with Crippen molar-refractivity contribution < 1.29 is 18.0 Å². The Morgan fingerprint density at radius 2 is 1.88 bits per heavy atom. The van der Waals surface area contributed by atoms with Gasteiger partial charge >= 0.3 is 0 Å². The molecule has 0 fully saturated rings. The van der Waals surface area contributed by atoms with E-state index in [0.29, 0.717) is 0 Å². The Kier molecular flexibility index (Phi) is 3.84. The lowest BCUT2D eigenvalue weighted by atomic mass is 10.2. The number of carbonyl (C=O) groups is 2. The molecule has 0 heterocycles. The Hall–Kier alpha value is -1.89. The normalized spacial score (nSPS) is 10.9. The lowest BCUT2D eigenvalue weighted by molar-refractivity contribution is -0.119. The van der Waals surface area contributed by atoms with E-state index in [0.717, 1.165) is 0 Å². The molecule has 7 heteroatoms. The molecule has 0 bridgehead atoms. The summed E-state index contributed by atoms with van der Waals surface area (Å²) in [7, 11) is -4.05. The molecule has 0 unspecified atom stereocenters. The highest BCUT2D eigenvalue weighted by Gasteiger charge is 2.22. The number of hydrogen-bond donors (Lipinski definition) is 2. The van der Waals surface area contributed by atoms with E-state index in [1.807, 2.05) is 4.72 Å². The van der Waals surface area contributed by atoms with E-state index in [4.69, 9.17) is 5.73 Å². The Balaban J connectivity index is 3.24. The fourth-order valence-corrected chi connectivity index (χ4v) is 2.45. The first-order chi connectivity index (χ1) is 7.88. The third-order valence-electron chi connectivity index (χ3n) is 2.01. The van der Waals surface area contributed by atoms with E-state index < -0.39 is 21.8 Å². The van der Waals surface area contributed by atoms with Crippen molar-refractivity contribution in [2.45, 2.75) is 18.2 Å². The van der Waals surface area contributed by atoms with E-state index in [1.165, 1.54) is 31.2 Å². The number of sulfonamides is 1. The summed E-state index contributed by atoms with van der Waals surface area (Å²) in [6, 6.07) is 5.43. The first kappa shape index (κ1) is 13.2. The minimum atomic E-state index is -4.05. The van der Waals surface area contributed by atoms with Gasteiger partial charge in [-0.25, -0.2) is 13.1 Å². The highest BCUT2D eigenvalue weighted by molar-refractivity contribution is 7.90. The molecule has 0 aliphatic carbocycles. The fraction of sp³-hybridized carbons (Fsp3) is 0.200. The van der Waals surface area contributed by atoms with Gasteiger partial charge in [-0.3, -0.25) is 9.59 Å². The van der Waals surface area contributed by atoms with Crippen LogP contribution in [0, 0.1) is 0 Å². The van der Waals surface area contributed by atoms with Crippen LogP contribution in [0.15, 0.2) is 29.2 Å². The maximum absolute atomic E-state index is 11.8. The predicted molar refractivity (Wildman–Crippen MR) is 60.6 cm³/mol. The number of amides is 2. The smallest absolute Gasteiger partial charge is 0.264 e. The molecule has 0 saturated heterocycles. The van der Waals surface area contributed by atoms with Gasteiger partial charge in [0.05, 0.1) is 5.56 Å². The average molecular weight is 256 g/mol. The van der Waals surface area contributed by atoms with Gasteiger partial charge in [0.25, 0.3) is 10.0 Å². The molecule has 0 atom stereocenters. The SMILES string of the molecule is CCC(=O)NS(=O)(=O)c1ccccc1C(N)=O. The first-order valence-corrected chi connectivity index (χ1v) is 6.31. The molecule has 17 heavy (non-hydrogen) atoms. The second-order valence-corrected chi connectivity index (χ2v) is 4.89. The molecule has 0 aliphatic rings. The second-order valence-electron chi connectivity index (χ2n) is 3.24. The molecule has 1 aromatic rings. The highest BCUT2D eigenvalue weighted by Crippen LogP contribution is 2.14.